The second kappa shape index (κ2) is 9.84. The highest BCUT2D eigenvalue weighted by molar-refractivity contribution is 6.31. The van der Waals surface area contributed by atoms with Gasteiger partial charge in [0, 0.05) is 24.4 Å². The lowest BCUT2D eigenvalue weighted by molar-refractivity contribution is 0.0602. The number of urea groups is 1. The van der Waals surface area contributed by atoms with Crippen LogP contribution in [0.3, 0.4) is 0 Å². The molecule has 0 fully saturated rings. The van der Waals surface area contributed by atoms with E-state index >= 15 is 0 Å². The largest absolute Gasteiger partial charge is 0.465 e. The highest BCUT2D eigenvalue weighted by atomic mass is 35.5. The molecule has 156 valence electrons. The summed E-state index contributed by atoms with van der Waals surface area (Å²) in [6, 6.07) is 10.1. The van der Waals surface area contributed by atoms with Crippen LogP contribution in [0.15, 0.2) is 42.5 Å². The third kappa shape index (κ3) is 5.77. The third-order valence-corrected chi connectivity index (χ3v) is 4.37. The lowest BCUT2D eigenvalue weighted by Crippen LogP contribution is -2.31. The summed E-state index contributed by atoms with van der Waals surface area (Å²) >= 11 is 5.94. The van der Waals surface area contributed by atoms with Gasteiger partial charge in [0.1, 0.15) is 11.6 Å². The second-order valence-corrected chi connectivity index (χ2v) is 6.75. The summed E-state index contributed by atoms with van der Waals surface area (Å²) in [7, 11) is 1.25. The fraction of sp³-hybridized carbons (Fsp3) is 0.200. The van der Waals surface area contributed by atoms with E-state index in [0.29, 0.717) is 29.5 Å². The number of methoxy groups -OCH3 is 1. The molecule has 1 aromatic heterocycles. The van der Waals surface area contributed by atoms with Crippen LogP contribution in [-0.2, 0) is 17.6 Å². The number of nitrogens with zero attached hydrogens (tertiary/aromatic N) is 2. The Balaban J connectivity index is 1.51. The van der Waals surface area contributed by atoms with Crippen LogP contribution in [0.2, 0.25) is 5.02 Å². The fourth-order valence-electron chi connectivity index (χ4n) is 2.68. The van der Waals surface area contributed by atoms with Crippen LogP contribution in [0.1, 0.15) is 27.6 Å². The lowest BCUT2D eigenvalue weighted by Gasteiger charge is -2.11. The van der Waals surface area contributed by atoms with Crippen LogP contribution in [-0.4, -0.2) is 40.8 Å². The smallest absolute Gasteiger partial charge is 0.339 e. The number of rotatable bonds is 7. The standard InChI is InChI=1S/C20H19ClFN5O3/c1-30-19(28)15-7-4-13(21)11-16(15)24-20(29)23-9-8-17-25-18(27-26-17)10-12-2-5-14(22)6-3-12/h2-7,11H,8-10H2,1H3,(H2,23,24,29)(H,25,26,27). The molecular weight excluding hydrogens is 413 g/mol. The Labute approximate surface area is 176 Å². The van der Waals surface area contributed by atoms with Crippen LogP contribution in [0.5, 0.6) is 0 Å². The normalized spacial score (nSPS) is 10.5. The average molecular weight is 432 g/mol. The van der Waals surface area contributed by atoms with Crippen molar-refractivity contribution in [3.8, 4) is 0 Å². The van der Waals surface area contributed by atoms with Gasteiger partial charge < -0.3 is 15.4 Å². The van der Waals surface area contributed by atoms with Crippen molar-refractivity contribution in [1.29, 1.82) is 0 Å². The second-order valence-electron chi connectivity index (χ2n) is 6.31. The number of ether oxygens (including phenoxy) is 1. The zero-order chi connectivity index (χ0) is 21.5. The highest BCUT2D eigenvalue weighted by Gasteiger charge is 2.14. The van der Waals surface area contributed by atoms with E-state index in [1.54, 1.807) is 12.1 Å². The molecule has 1 heterocycles. The molecule has 0 saturated heterocycles. The summed E-state index contributed by atoms with van der Waals surface area (Å²) in [6.07, 6.45) is 0.888. The van der Waals surface area contributed by atoms with Crippen molar-refractivity contribution in [2.24, 2.45) is 0 Å². The number of aromatic amines is 1. The van der Waals surface area contributed by atoms with Crippen molar-refractivity contribution >= 4 is 29.3 Å². The third-order valence-electron chi connectivity index (χ3n) is 4.13. The van der Waals surface area contributed by atoms with Crippen LogP contribution in [0.4, 0.5) is 14.9 Å². The molecule has 30 heavy (non-hydrogen) atoms. The van der Waals surface area contributed by atoms with Crippen molar-refractivity contribution in [3.05, 3.63) is 76.1 Å². The van der Waals surface area contributed by atoms with Gasteiger partial charge in [-0.1, -0.05) is 23.7 Å². The van der Waals surface area contributed by atoms with Crippen LogP contribution in [0.25, 0.3) is 0 Å². The van der Waals surface area contributed by atoms with E-state index in [2.05, 4.69) is 25.8 Å². The minimum Gasteiger partial charge on any atom is -0.465 e. The number of anilines is 1. The van der Waals surface area contributed by atoms with Gasteiger partial charge in [-0.15, -0.1) is 0 Å². The number of hydrogen-bond acceptors (Lipinski definition) is 5. The van der Waals surface area contributed by atoms with Gasteiger partial charge in [-0.3, -0.25) is 5.10 Å². The first-order valence-electron chi connectivity index (χ1n) is 9.02. The fourth-order valence-corrected chi connectivity index (χ4v) is 2.86. The molecule has 0 spiro atoms. The number of hydrogen-bond donors (Lipinski definition) is 3. The summed E-state index contributed by atoms with van der Waals surface area (Å²) < 4.78 is 17.7. The number of aromatic nitrogens is 3. The van der Waals surface area contributed by atoms with Crippen molar-refractivity contribution in [3.63, 3.8) is 0 Å². The summed E-state index contributed by atoms with van der Waals surface area (Å²) in [4.78, 5) is 28.3. The topological polar surface area (TPSA) is 109 Å². The van der Waals surface area contributed by atoms with Gasteiger partial charge >= 0.3 is 12.0 Å². The Bertz CT molecular complexity index is 1040. The first kappa shape index (κ1) is 21.3. The molecule has 0 aliphatic rings. The number of amides is 2. The number of nitrogens with one attached hydrogen (secondary N) is 3. The Morgan fingerprint density at radius 1 is 1.20 bits per heavy atom. The Hall–Kier alpha value is -3.46. The van der Waals surface area contributed by atoms with Gasteiger partial charge in [0.25, 0.3) is 0 Å². The minimum absolute atomic E-state index is 0.191. The molecule has 0 radical (unpaired) electrons. The highest BCUT2D eigenvalue weighted by Crippen LogP contribution is 2.21. The number of carbonyl (C=O) groups is 2. The lowest BCUT2D eigenvalue weighted by atomic mass is 10.1. The van der Waals surface area contributed by atoms with E-state index in [-0.39, 0.29) is 23.6 Å². The molecule has 10 heteroatoms. The summed E-state index contributed by atoms with van der Waals surface area (Å²) in [5.41, 5.74) is 1.34. The maximum atomic E-state index is 13.0. The van der Waals surface area contributed by atoms with Crippen molar-refractivity contribution in [2.75, 3.05) is 19.0 Å². The Kier molecular flexibility index (Phi) is 6.97. The summed E-state index contributed by atoms with van der Waals surface area (Å²) in [6.45, 7) is 0.272. The molecule has 3 aromatic rings. The molecule has 8 nitrogen and oxygen atoms in total. The van der Waals surface area contributed by atoms with E-state index in [4.69, 9.17) is 16.3 Å². The predicted molar refractivity (Wildman–Crippen MR) is 109 cm³/mol. The molecule has 0 unspecified atom stereocenters. The summed E-state index contributed by atoms with van der Waals surface area (Å²) in [5, 5.41) is 12.6. The van der Waals surface area contributed by atoms with Crippen LogP contribution in [0, 0.1) is 5.82 Å². The van der Waals surface area contributed by atoms with Crippen LogP contribution < -0.4 is 10.6 Å². The number of H-pyrrole nitrogens is 1. The molecule has 3 N–H and O–H groups in total. The average Bonchev–Trinajstić information content (AvgIpc) is 3.16. The Morgan fingerprint density at radius 2 is 1.97 bits per heavy atom. The van der Waals surface area contributed by atoms with Crippen molar-refractivity contribution in [1.82, 2.24) is 20.5 Å². The van der Waals surface area contributed by atoms with E-state index in [9.17, 15) is 14.0 Å². The van der Waals surface area contributed by atoms with Gasteiger partial charge in [0.15, 0.2) is 5.82 Å². The Morgan fingerprint density at radius 3 is 2.70 bits per heavy atom. The van der Waals surface area contributed by atoms with Crippen molar-refractivity contribution in [2.45, 2.75) is 12.8 Å². The molecule has 0 saturated carbocycles. The van der Waals surface area contributed by atoms with Crippen molar-refractivity contribution < 1.29 is 18.7 Å². The van der Waals surface area contributed by atoms with E-state index in [0.717, 1.165) is 5.56 Å². The zero-order valence-electron chi connectivity index (χ0n) is 16.0. The zero-order valence-corrected chi connectivity index (χ0v) is 16.8. The van der Waals surface area contributed by atoms with Gasteiger partial charge in [0.2, 0.25) is 0 Å². The van der Waals surface area contributed by atoms with Gasteiger partial charge in [-0.05, 0) is 35.9 Å². The molecule has 0 aliphatic carbocycles. The maximum absolute atomic E-state index is 13.0. The van der Waals surface area contributed by atoms with Crippen LogP contribution >= 0.6 is 11.6 Å². The first-order valence-corrected chi connectivity index (χ1v) is 9.39. The van der Waals surface area contributed by atoms with E-state index in [1.807, 2.05) is 0 Å². The number of benzene rings is 2. The van der Waals surface area contributed by atoms with E-state index < -0.39 is 12.0 Å². The number of carbonyl (C=O) groups excluding carboxylic acids is 2. The molecule has 0 bridgehead atoms. The monoisotopic (exact) mass is 431 g/mol. The number of halogens is 2. The quantitative estimate of drug-likeness (QED) is 0.497. The maximum Gasteiger partial charge on any atom is 0.339 e. The molecule has 2 amide bonds. The minimum atomic E-state index is -0.587. The molecule has 3 rings (SSSR count). The number of esters is 1. The van der Waals surface area contributed by atoms with Gasteiger partial charge in [-0.25, -0.2) is 19.0 Å². The van der Waals surface area contributed by atoms with E-state index in [1.165, 1.54) is 37.4 Å². The summed E-state index contributed by atoms with van der Waals surface area (Å²) in [5.74, 6) is 0.294. The first-order chi connectivity index (χ1) is 14.4. The molecule has 2 aromatic carbocycles. The predicted octanol–water partition coefficient (Wildman–Crippen LogP) is 3.34. The van der Waals surface area contributed by atoms with Gasteiger partial charge in [-0.2, -0.15) is 5.10 Å². The SMILES string of the molecule is COC(=O)c1ccc(Cl)cc1NC(=O)NCCc1n[nH]c(Cc2ccc(F)cc2)n1. The van der Waals surface area contributed by atoms with Gasteiger partial charge in [0.05, 0.1) is 18.4 Å². The molecule has 0 aliphatic heterocycles. The molecular formula is C20H19ClFN5O3. The molecule has 0 atom stereocenters.